The second kappa shape index (κ2) is 15.2. The number of hydrogen-bond acceptors (Lipinski definition) is 4. The number of anilines is 1. The number of hydrogen-bond donors (Lipinski definition) is 1. The average Bonchev–Trinajstić information content (AvgIpc) is 3.03. The summed E-state index contributed by atoms with van der Waals surface area (Å²) in [5.41, 5.74) is 2.12. The predicted octanol–water partition coefficient (Wildman–Crippen LogP) is 6.40. The minimum absolute atomic E-state index is 0.00206. The molecule has 236 valence electrons. The van der Waals surface area contributed by atoms with Gasteiger partial charge < -0.3 is 10.2 Å². The van der Waals surface area contributed by atoms with Crippen LogP contribution in [0.4, 0.5) is 10.1 Å². The van der Waals surface area contributed by atoms with Gasteiger partial charge in [-0.25, -0.2) is 12.8 Å². The number of carbonyl (C=O) groups excluding carboxylic acids is 2. The van der Waals surface area contributed by atoms with Crippen molar-refractivity contribution in [2.45, 2.75) is 44.7 Å². The van der Waals surface area contributed by atoms with Crippen molar-refractivity contribution in [2.75, 3.05) is 17.4 Å². The Bertz CT molecular complexity index is 1700. The molecule has 2 amide bonds. The van der Waals surface area contributed by atoms with Gasteiger partial charge in [0.15, 0.2) is 0 Å². The van der Waals surface area contributed by atoms with Crippen LogP contribution >= 0.6 is 11.6 Å². The van der Waals surface area contributed by atoms with Crippen LogP contribution in [-0.2, 0) is 32.6 Å². The standard InChI is InChI=1S/C35H37ClFN3O4S/c1-25(2)22-38-35(42)33(21-27-11-6-4-7-12-27)39(23-28-17-19-29(37)20-18-28)34(41)24-40(32-16-10-15-31(36)26(32)3)45(43,44)30-13-8-5-9-14-30/h4-20,25,33H,21-24H2,1-3H3,(H,38,42)/t33-/m1/s1. The molecule has 0 aliphatic rings. The maximum atomic E-state index is 14.5. The van der Waals surface area contributed by atoms with Crippen molar-refractivity contribution in [1.82, 2.24) is 10.2 Å². The van der Waals surface area contributed by atoms with E-state index in [0.29, 0.717) is 22.7 Å². The van der Waals surface area contributed by atoms with Crippen LogP contribution in [0.15, 0.2) is 108 Å². The Hall–Kier alpha value is -4.21. The lowest BCUT2D eigenvalue weighted by Gasteiger charge is -2.34. The monoisotopic (exact) mass is 649 g/mol. The van der Waals surface area contributed by atoms with Crippen molar-refractivity contribution in [3.05, 3.63) is 131 Å². The van der Waals surface area contributed by atoms with Crippen molar-refractivity contribution >= 4 is 39.1 Å². The van der Waals surface area contributed by atoms with E-state index in [-0.39, 0.29) is 35.4 Å². The van der Waals surface area contributed by atoms with E-state index in [1.54, 1.807) is 55.5 Å². The van der Waals surface area contributed by atoms with Crippen LogP contribution in [0, 0.1) is 18.7 Å². The molecular weight excluding hydrogens is 613 g/mol. The molecule has 0 saturated heterocycles. The summed E-state index contributed by atoms with van der Waals surface area (Å²) in [5.74, 6) is -1.27. The fourth-order valence-electron chi connectivity index (χ4n) is 4.86. The fourth-order valence-corrected chi connectivity index (χ4v) is 6.52. The van der Waals surface area contributed by atoms with Gasteiger partial charge in [-0.15, -0.1) is 0 Å². The average molecular weight is 650 g/mol. The van der Waals surface area contributed by atoms with Crippen LogP contribution in [0.5, 0.6) is 0 Å². The van der Waals surface area contributed by atoms with Crippen LogP contribution < -0.4 is 9.62 Å². The van der Waals surface area contributed by atoms with Crippen LogP contribution in [0.25, 0.3) is 0 Å². The molecule has 0 aliphatic carbocycles. The highest BCUT2D eigenvalue weighted by atomic mass is 35.5. The summed E-state index contributed by atoms with van der Waals surface area (Å²) in [6, 6.07) is 26.6. The van der Waals surface area contributed by atoms with Gasteiger partial charge in [0.1, 0.15) is 18.4 Å². The molecule has 4 aromatic rings. The van der Waals surface area contributed by atoms with Crippen molar-refractivity contribution < 1.29 is 22.4 Å². The number of halogens is 2. The van der Waals surface area contributed by atoms with Gasteiger partial charge in [-0.1, -0.05) is 92.2 Å². The third kappa shape index (κ3) is 8.71. The maximum Gasteiger partial charge on any atom is 0.264 e. The number of amides is 2. The van der Waals surface area contributed by atoms with Gasteiger partial charge in [-0.2, -0.15) is 0 Å². The number of carbonyl (C=O) groups is 2. The quantitative estimate of drug-likeness (QED) is 0.182. The summed E-state index contributed by atoms with van der Waals surface area (Å²) < 4.78 is 43.1. The van der Waals surface area contributed by atoms with E-state index < -0.39 is 34.3 Å². The molecule has 45 heavy (non-hydrogen) atoms. The molecule has 4 aromatic carbocycles. The van der Waals surface area contributed by atoms with Gasteiger partial charge in [0, 0.05) is 24.5 Å². The second-order valence-corrected chi connectivity index (χ2v) is 13.5. The Morgan fingerprint density at radius 1 is 0.844 bits per heavy atom. The van der Waals surface area contributed by atoms with Gasteiger partial charge in [-0.05, 0) is 65.9 Å². The third-order valence-corrected chi connectivity index (χ3v) is 9.52. The lowest BCUT2D eigenvalue weighted by molar-refractivity contribution is -0.140. The molecule has 0 aromatic heterocycles. The molecule has 7 nitrogen and oxygen atoms in total. The molecule has 0 radical (unpaired) electrons. The van der Waals surface area contributed by atoms with Gasteiger partial charge in [-0.3, -0.25) is 13.9 Å². The molecule has 0 fully saturated rings. The van der Waals surface area contributed by atoms with Gasteiger partial charge in [0.05, 0.1) is 10.6 Å². The van der Waals surface area contributed by atoms with E-state index in [1.807, 2.05) is 44.2 Å². The zero-order chi connectivity index (χ0) is 32.6. The first-order valence-electron chi connectivity index (χ1n) is 14.7. The van der Waals surface area contributed by atoms with Crippen LogP contribution in [0.3, 0.4) is 0 Å². The predicted molar refractivity (Wildman–Crippen MR) is 176 cm³/mol. The summed E-state index contributed by atoms with van der Waals surface area (Å²) in [7, 11) is -4.25. The highest BCUT2D eigenvalue weighted by Crippen LogP contribution is 2.31. The number of nitrogens with zero attached hydrogens (tertiary/aromatic N) is 2. The Morgan fingerprint density at radius 3 is 2.09 bits per heavy atom. The van der Waals surface area contributed by atoms with Crippen LogP contribution in [0.1, 0.15) is 30.5 Å². The summed E-state index contributed by atoms with van der Waals surface area (Å²) >= 11 is 6.42. The normalized spacial score (nSPS) is 12.0. The van der Waals surface area contributed by atoms with E-state index in [4.69, 9.17) is 11.6 Å². The molecular formula is C35H37ClFN3O4S. The lowest BCUT2D eigenvalue weighted by Crippen LogP contribution is -2.53. The summed E-state index contributed by atoms with van der Waals surface area (Å²) in [6.07, 6.45) is 0.180. The zero-order valence-corrected chi connectivity index (χ0v) is 27.1. The van der Waals surface area contributed by atoms with E-state index >= 15 is 0 Å². The van der Waals surface area contributed by atoms with E-state index in [2.05, 4.69) is 5.32 Å². The Morgan fingerprint density at radius 2 is 1.47 bits per heavy atom. The van der Waals surface area contributed by atoms with E-state index in [0.717, 1.165) is 9.87 Å². The van der Waals surface area contributed by atoms with Gasteiger partial charge in [0.2, 0.25) is 11.8 Å². The highest BCUT2D eigenvalue weighted by Gasteiger charge is 2.35. The zero-order valence-electron chi connectivity index (χ0n) is 25.5. The molecule has 0 bridgehead atoms. The summed E-state index contributed by atoms with van der Waals surface area (Å²) in [6.45, 7) is 5.34. The molecule has 0 heterocycles. The topological polar surface area (TPSA) is 86.8 Å². The number of sulfonamides is 1. The molecule has 0 saturated carbocycles. The van der Waals surface area contributed by atoms with Crippen molar-refractivity contribution in [3.8, 4) is 0 Å². The Balaban J connectivity index is 1.82. The molecule has 0 aliphatic heterocycles. The third-order valence-electron chi connectivity index (χ3n) is 7.34. The molecule has 0 spiro atoms. The van der Waals surface area contributed by atoms with Crippen molar-refractivity contribution in [3.63, 3.8) is 0 Å². The minimum Gasteiger partial charge on any atom is -0.354 e. The van der Waals surface area contributed by atoms with E-state index in [9.17, 15) is 22.4 Å². The maximum absolute atomic E-state index is 14.5. The fraction of sp³-hybridized carbons (Fsp3) is 0.257. The van der Waals surface area contributed by atoms with Gasteiger partial charge >= 0.3 is 0 Å². The largest absolute Gasteiger partial charge is 0.354 e. The molecule has 1 atom stereocenters. The molecule has 10 heteroatoms. The first-order chi connectivity index (χ1) is 21.5. The van der Waals surface area contributed by atoms with E-state index in [1.165, 1.54) is 29.2 Å². The van der Waals surface area contributed by atoms with Crippen LogP contribution in [0.2, 0.25) is 5.02 Å². The number of rotatable bonds is 13. The Kier molecular flexibility index (Phi) is 11.4. The van der Waals surface area contributed by atoms with Crippen molar-refractivity contribution in [2.24, 2.45) is 5.92 Å². The first-order valence-corrected chi connectivity index (χ1v) is 16.5. The molecule has 4 rings (SSSR count). The summed E-state index contributed by atoms with van der Waals surface area (Å²) in [5, 5.41) is 3.29. The highest BCUT2D eigenvalue weighted by molar-refractivity contribution is 7.92. The first kappa shape index (κ1) is 33.7. The van der Waals surface area contributed by atoms with Crippen LogP contribution in [-0.4, -0.2) is 44.3 Å². The van der Waals surface area contributed by atoms with Gasteiger partial charge in [0.25, 0.3) is 10.0 Å². The Labute approximate surface area is 269 Å². The number of nitrogens with one attached hydrogen (secondary N) is 1. The van der Waals surface area contributed by atoms with Crippen molar-refractivity contribution in [1.29, 1.82) is 0 Å². The lowest BCUT2D eigenvalue weighted by atomic mass is 10.0. The molecule has 1 N–H and O–H groups in total. The second-order valence-electron chi connectivity index (χ2n) is 11.2. The summed E-state index contributed by atoms with van der Waals surface area (Å²) in [4.78, 5) is 29.7. The number of benzene rings is 4. The molecule has 0 unspecified atom stereocenters. The minimum atomic E-state index is -4.25. The smallest absolute Gasteiger partial charge is 0.264 e. The SMILES string of the molecule is Cc1c(Cl)cccc1N(CC(=O)N(Cc1ccc(F)cc1)[C@H](Cc1ccccc1)C(=O)NCC(C)C)S(=O)(=O)c1ccccc1.